The molecular formula is C16H17ClN4O2. The van der Waals surface area contributed by atoms with E-state index in [1.165, 1.54) is 13.3 Å². The Balaban J connectivity index is 1.65. The molecule has 1 amide bonds. The second-order valence-electron chi connectivity index (χ2n) is 5.18. The number of aromatic nitrogens is 2. The van der Waals surface area contributed by atoms with Crippen LogP contribution in [0.1, 0.15) is 10.4 Å². The molecule has 0 bridgehead atoms. The first kappa shape index (κ1) is 15.6. The Morgan fingerprint density at radius 2 is 2.00 bits per heavy atom. The third kappa shape index (κ3) is 3.37. The molecule has 2 aromatic heterocycles. The van der Waals surface area contributed by atoms with Gasteiger partial charge in [0.15, 0.2) is 0 Å². The number of carbonyl (C=O) groups excluding carboxylic acids is 1. The van der Waals surface area contributed by atoms with Crippen molar-refractivity contribution in [3.05, 3.63) is 47.2 Å². The number of pyridine rings is 2. The van der Waals surface area contributed by atoms with Gasteiger partial charge in [0.25, 0.3) is 5.91 Å². The number of methoxy groups -OCH3 is 1. The third-order valence-electron chi connectivity index (χ3n) is 3.79. The molecule has 0 spiro atoms. The average molecular weight is 333 g/mol. The molecule has 0 aromatic carbocycles. The summed E-state index contributed by atoms with van der Waals surface area (Å²) in [7, 11) is 1.49. The topological polar surface area (TPSA) is 58.6 Å². The molecule has 0 radical (unpaired) electrons. The first-order chi connectivity index (χ1) is 11.2. The molecule has 0 N–H and O–H groups in total. The lowest BCUT2D eigenvalue weighted by atomic mass is 10.2. The Labute approximate surface area is 139 Å². The van der Waals surface area contributed by atoms with Crippen LogP contribution in [0.25, 0.3) is 0 Å². The van der Waals surface area contributed by atoms with E-state index in [0.717, 1.165) is 18.9 Å². The number of nitrogens with zero attached hydrogens (tertiary/aromatic N) is 4. The lowest BCUT2D eigenvalue weighted by molar-refractivity contribution is 0.0746. The summed E-state index contributed by atoms with van der Waals surface area (Å²) in [6, 6.07) is 7.43. The zero-order valence-electron chi connectivity index (χ0n) is 12.8. The van der Waals surface area contributed by atoms with Gasteiger partial charge in [0.2, 0.25) is 5.88 Å². The molecule has 6 nitrogen and oxygen atoms in total. The van der Waals surface area contributed by atoms with Gasteiger partial charge >= 0.3 is 0 Å². The standard InChI is InChI=1S/C16H17ClN4O2/c1-23-15-13(17)10-12(11-19-15)16(22)21-8-6-20(7-9-21)14-4-2-3-5-18-14/h2-5,10-11H,6-9H2,1H3. The summed E-state index contributed by atoms with van der Waals surface area (Å²) in [5, 5.41) is 0.338. The van der Waals surface area contributed by atoms with Gasteiger partial charge in [0.05, 0.1) is 12.7 Å². The maximum Gasteiger partial charge on any atom is 0.255 e. The molecule has 0 unspecified atom stereocenters. The van der Waals surface area contributed by atoms with Crippen molar-refractivity contribution in [2.75, 3.05) is 38.2 Å². The van der Waals surface area contributed by atoms with E-state index in [4.69, 9.17) is 16.3 Å². The van der Waals surface area contributed by atoms with E-state index in [0.29, 0.717) is 29.6 Å². The second kappa shape index (κ2) is 6.83. The van der Waals surface area contributed by atoms with Gasteiger partial charge in [-0.25, -0.2) is 9.97 Å². The Morgan fingerprint density at radius 3 is 2.61 bits per heavy atom. The minimum atomic E-state index is -0.0669. The van der Waals surface area contributed by atoms with Gasteiger partial charge in [0, 0.05) is 38.6 Å². The van der Waals surface area contributed by atoms with Crippen molar-refractivity contribution >= 4 is 23.3 Å². The Bertz CT molecular complexity index is 688. The number of anilines is 1. The van der Waals surface area contributed by atoms with Crippen LogP contribution in [0, 0.1) is 0 Å². The number of hydrogen-bond donors (Lipinski definition) is 0. The fourth-order valence-electron chi connectivity index (χ4n) is 2.55. The third-order valence-corrected chi connectivity index (χ3v) is 4.06. The highest BCUT2D eigenvalue weighted by molar-refractivity contribution is 6.32. The Hall–Kier alpha value is -2.34. The summed E-state index contributed by atoms with van der Waals surface area (Å²) in [6.07, 6.45) is 3.27. The van der Waals surface area contributed by atoms with Crippen molar-refractivity contribution < 1.29 is 9.53 Å². The molecule has 7 heteroatoms. The molecule has 1 aliphatic heterocycles. The number of carbonyl (C=O) groups is 1. The molecule has 3 rings (SSSR count). The highest BCUT2D eigenvalue weighted by Gasteiger charge is 2.23. The molecule has 0 atom stereocenters. The van der Waals surface area contributed by atoms with Crippen molar-refractivity contribution in [3.8, 4) is 5.88 Å². The van der Waals surface area contributed by atoms with E-state index < -0.39 is 0 Å². The summed E-state index contributed by atoms with van der Waals surface area (Å²) in [5.74, 6) is 1.19. The van der Waals surface area contributed by atoms with Gasteiger partial charge in [-0.15, -0.1) is 0 Å². The van der Waals surface area contributed by atoms with Crippen molar-refractivity contribution in [1.29, 1.82) is 0 Å². The van der Waals surface area contributed by atoms with Crippen LogP contribution >= 0.6 is 11.6 Å². The highest BCUT2D eigenvalue weighted by atomic mass is 35.5. The lowest BCUT2D eigenvalue weighted by Gasteiger charge is -2.35. The van der Waals surface area contributed by atoms with E-state index in [-0.39, 0.29) is 5.91 Å². The summed E-state index contributed by atoms with van der Waals surface area (Å²) in [6.45, 7) is 2.78. The summed E-state index contributed by atoms with van der Waals surface area (Å²) in [5.41, 5.74) is 0.474. The minimum Gasteiger partial charge on any atom is -0.480 e. The number of hydrogen-bond acceptors (Lipinski definition) is 5. The molecule has 1 aliphatic rings. The molecule has 1 saturated heterocycles. The van der Waals surface area contributed by atoms with Gasteiger partial charge in [-0.3, -0.25) is 4.79 Å². The van der Waals surface area contributed by atoms with Crippen LogP contribution in [0.3, 0.4) is 0 Å². The van der Waals surface area contributed by atoms with Crippen molar-refractivity contribution in [1.82, 2.24) is 14.9 Å². The van der Waals surface area contributed by atoms with Gasteiger partial charge in [-0.2, -0.15) is 0 Å². The average Bonchev–Trinajstić information content (AvgIpc) is 2.62. The molecule has 0 aliphatic carbocycles. The van der Waals surface area contributed by atoms with Crippen LogP contribution in [0.15, 0.2) is 36.7 Å². The van der Waals surface area contributed by atoms with E-state index in [2.05, 4.69) is 14.9 Å². The first-order valence-corrected chi connectivity index (χ1v) is 7.71. The summed E-state index contributed by atoms with van der Waals surface area (Å²) >= 11 is 6.04. The van der Waals surface area contributed by atoms with E-state index in [9.17, 15) is 4.79 Å². The lowest BCUT2D eigenvalue weighted by Crippen LogP contribution is -2.49. The number of rotatable bonds is 3. The van der Waals surface area contributed by atoms with Gasteiger partial charge < -0.3 is 14.5 Å². The minimum absolute atomic E-state index is 0.0669. The Kier molecular flexibility index (Phi) is 4.62. The fourth-order valence-corrected chi connectivity index (χ4v) is 2.80. The fraction of sp³-hybridized carbons (Fsp3) is 0.312. The smallest absolute Gasteiger partial charge is 0.255 e. The van der Waals surface area contributed by atoms with E-state index in [1.54, 1.807) is 17.2 Å². The van der Waals surface area contributed by atoms with Crippen molar-refractivity contribution in [3.63, 3.8) is 0 Å². The van der Waals surface area contributed by atoms with Gasteiger partial charge in [-0.05, 0) is 18.2 Å². The summed E-state index contributed by atoms with van der Waals surface area (Å²) in [4.78, 5) is 24.9. The van der Waals surface area contributed by atoms with Crippen LogP contribution in [-0.2, 0) is 0 Å². The predicted molar refractivity (Wildman–Crippen MR) is 88.2 cm³/mol. The van der Waals surface area contributed by atoms with Gasteiger partial charge in [0.1, 0.15) is 10.8 Å². The Morgan fingerprint density at radius 1 is 1.22 bits per heavy atom. The van der Waals surface area contributed by atoms with Crippen LogP contribution in [0.2, 0.25) is 5.02 Å². The van der Waals surface area contributed by atoms with Crippen LogP contribution in [0.4, 0.5) is 5.82 Å². The SMILES string of the molecule is COc1ncc(C(=O)N2CCN(c3ccccn3)CC2)cc1Cl. The molecule has 3 heterocycles. The first-order valence-electron chi connectivity index (χ1n) is 7.34. The molecule has 120 valence electrons. The maximum atomic E-state index is 12.5. The maximum absolute atomic E-state index is 12.5. The van der Waals surface area contributed by atoms with Crippen molar-refractivity contribution in [2.24, 2.45) is 0 Å². The monoisotopic (exact) mass is 332 g/mol. The zero-order chi connectivity index (χ0) is 16.2. The second-order valence-corrected chi connectivity index (χ2v) is 5.59. The largest absolute Gasteiger partial charge is 0.480 e. The molecule has 2 aromatic rings. The highest BCUT2D eigenvalue weighted by Crippen LogP contribution is 2.23. The molecule has 0 saturated carbocycles. The zero-order valence-corrected chi connectivity index (χ0v) is 13.5. The number of halogens is 1. The molecule has 23 heavy (non-hydrogen) atoms. The normalized spacial score (nSPS) is 14.7. The summed E-state index contributed by atoms with van der Waals surface area (Å²) < 4.78 is 5.01. The number of amides is 1. The van der Waals surface area contributed by atoms with E-state index >= 15 is 0 Å². The quantitative estimate of drug-likeness (QED) is 0.861. The van der Waals surface area contributed by atoms with Crippen molar-refractivity contribution in [2.45, 2.75) is 0 Å². The number of piperazine rings is 1. The van der Waals surface area contributed by atoms with E-state index in [1.807, 2.05) is 18.2 Å². The van der Waals surface area contributed by atoms with Gasteiger partial charge in [-0.1, -0.05) is 17.7 Å². The van der Waals surface area contributed by atoms with Crippen LogP contribution in [-0.4, -0.2) is 54.1 Å². The predicted octanol–water partition coefficient (Wildman–Crippen LogP) is 2.10. The number of ether oxygens (including phenoxy) is 1. The van der Waals surface area contributed by atoms with Crippen LogP contribution in [0.5, 0.6) is 5.88 Å². The molecular weight excluding hydrogens is 316 g/mol. The van der Waals surface area contributed by atoms with Crippen LogP contribution < -0.4 is 9.64 Å². The molecule has 1 fully saturated rings.